The predicted molar refractivity (Wildman–Crippen MR) is 118 cm³/mol. The fourth-order valence-electron chi connectivity index (χ4n) is 3.14. The van der Waals surface area contributed by atoms with Crippen LogP contribution in [0.1, 0.15) is 24.0 Å². The van der Waals surface area contributed by atoms with Gasteiger partial charge in [0.2, 0.25) is 0 Å². The fourth-order valence-corrected chi connectivity index (χ4v) is 3.95. The second-order valence-corrected chi connectivity index (χ2v) is 8.09. The quantitative estimate of drug-likeness (QED) is 0.406. The highest BCUT2D eigenvalue weighted by molar-refractivity contribution is 9.10. The Morgan fingerprint density at radius 2 is 2.04 bits per heavy atom. The van der Waals surface area contributed by atoms with Gasteiger partial charge in [-0.15, -0.1) is 0 Å². The van der Waals surface area contributed by atoms with Crippen molar-refractivity contribution in [2.45, 2.75) is 12.8 Å². The molecule has 0 spiro atoms. The van der Waals surface area contributed by atoms with Gasteiger partial charge in [0.15, 0.2) is 0 Å². The van der Waals surface area contributed by atoms with Crippen LogP contribution in [0, 0.1) is 5.92 Å². The third-order valence-electron chi connectivity index (χ3n) is 4.67. The van der Waals surface area contributed by atoms with E-state index in [1.165, 1.54) is 6.42 Å². The van der Waals surface area contributed by atoms with Crippen LogP contribution < -0.4 is 15.4 Å². The van der Waals surface area contributed by atoms with Gasteiger partial charge in [0, 0.05) is 15.1 Å². The summed E-state index contributed by atoms with van der Waals surface area (Å²) in [5.41, 5.74) is 2.16. The summed E-state index contributed by atoms with van der Waals surface area (Å²) in [6.45, 7) is 5.11. The van der Waals surface area contributed by atoms with Crippen LogP contribution in [0.4, 0.5) is 0 Å². The smallest absolute Gasteiger partial charge is 0.126 e. The van der Waals surface area contributed by atoms with Crippen LogP contribution in [0.25, 0.3) is 12.2 Å². The molecular weight excluding hydrogens is 424 g/mol. The lowest BCUT2D eigenvalue weighted by molar-refractivity contribution is 0.306. The van der Waals surface area contributed by atoms with E-state index < -0.39 is 0 Å². The molecule has 1 heterocycles. The number of nitrogens with one attached hydrogen (secondary N) is 2. The molecule has 2 aromatic rings. The van der Waals surface area contributed by atoms with Crippen molar-refractivity contribution >= 4 is 39.7 Å². The average Bonchev–Trinajstić information content (AvgIpc) is 3.18. The zero-order valence-electron chi connectivity index (χ0n) is 15.4. The molecule has 1 saturated heterocycles. The zero-order chi connectivity index (χ0) is 18.9. The number of hydrogen-bond acceptors (Lipinski definition) is 3. The van der Waals surface area contributed by atoms with E-state index >= 15 is 0 Å². The molecule has 27 heavy (non-hydrogen) atoms. The zero-order valence-corrected chi connectivity index (χ0v) is 17.7. The van der Waals surface area contributed by atoms with Gasteiger partial charge >= 0.3 is 0 Å². The minimum absolute atomic E-state index is 0.714. The van der Waals surface area contributed by atoms with Crippen LogP contribution in [0.3, 0.4) is 0 Å². The highest BCUT2D eigenvalue weighted by atomic mass is 79.9. The van der Waals surface area contributed by atoms with Crippen molar-refractivity contribution in [2.24, 2.45) is 5.92 Å². The van der Waals surface area contributed by atoms with Crippen LogP contribution in [0.5, 0.6) is 5.75 Å². The second-order valence-electron chi connectivity index (χ2n) is 6.80. The first kappa shape index (κ1) is 20.4. The van der Waals surface area contributed by atoms with Gasteiger partial charge in [-0.3, -0.25) is 0 Å². The predicted octanol–water partition coefficient (Wildman–Crippen LogP) is 5.24. The molecule has 0 aliphatic carbocycles. The van der Waals surface area contributed by atoms with Gasteiger partial charge in [-0.1, -0.05) is 63.9 Å². The molecule has 1 aliphatic rings. The topological polar surface area (TPSA) is 33.3 Å². The second kappa shape index (κ2) is 10.9. The van der Waals surface area contributed by atoms with E-state index in [1.54, 1.807) is 0 Å². The Bertz CT molecular complexity index is 760. The molecule has 144 valence electrons. The van der Waals surface area contributed by atoms with Gasteiger partial charge in [0.25, 0.3) is 0 Å². The Morgan fingerprint density at radius 1 is 1.19 bits per heavy atom. The molecule has 0 saturated carbocycles. The molecule has 1 atom stereocenters. The third kappa shape index (κ3) is 6.65. The van der Waals surface area contributed by atoms with E-state index in [0.29, 0.717) is 6.61 Å². The van der Waals surface area contributed by atoms with Crippen molar-refractivity contribution in [3.63, 3.8) is 0 Å². The highest BCUT2D eigenvalue weighted by Gasteiger charge is 2.13. The Balaban J connectivity index is 1.47. The van der Waals surface area contributed by atoms with Gasteiger partial charge < -0.3 is 15.4 Å². The lowest BCUT2D eigenvalue weighted by Gasteiger charge is -2.11. The van der Waals surface area contributed by atoms with Gasteiger partial charge in [-0.2, -0.15) is 0 Å². The lowest BCUT2D eigenvalue weighted by atomic mass is 10.1. The SMILES string of the molecule is Clc1ccc(/C=C/c2ccccc2OCCCNCC2CCNC2)c(Br)c1. The maximum absolute atomic E-state index is 6.01. The average molecular weight is 450 g/mol. The first-order chi connectivity index (χ1) is 13.2. The standard InChI is InChI=1S/C22H26BrClN2O/c23-21-14-20(24)9-8-18(21)6-7-19-4-1-2-5-22(19)27-13-3-11-25-15-17-10-12-26-16-17/h1-2,4-9,14,17,25-26H,3,10-13,15-16H2/b7-6+. The van der Waals surface area contributed by atoms with Crippen molar-refractivity contribution in [3.8, 4) is 5.75 Å². The van der Waals surface area contributed by atoms with Crippen LogP contribution in [-0.2, 0) is 0 Å². The maximum atomic E-state index is 6.01. The molecule has 3 nitrogen and oxygen atoms in total. The largest absolute Gasteiger partial charge is 0.493 e. The van der Waals surface area contributed by atoms with Crippen molar-refractivity contribution in [1.29, 1.82) is 0 Å². The molecular formula is C22H26BrClN2O. The lowest BCUT2D eigenvalue weighted by Crippen LogP contribution is -2.26. The third-order valence-corrected chi connectivity index (χ3v) is 5.60. The summed E-state index contributed by atoms with van der Waals surface area (Å²) in [4.78, 5) is 0. The summed E-state index contributed by atoms with van der Waals surface area (Å²) in [6, 6.07) is 13.9. The molecule has 1 fully saturated rings. The van der Waals surface area contributed by atoms with Crippen molar-refractivity contribution in [1.82, 2.24) is 10.6 Å². The minimum Gasteiger partial charge on any atom is -0.493 e. The number of para-hydroxylation sites is 1. The number of hydrogen-bond donors (Lipinski definition) is 2. The molecule has 1 aliphatic heterocycles. The molecule has 0 bridgehead atoms. The first-order valence-corrected chi connectivity index (χ1v) is 10.7. The van der Waals surface area contributed by atoms with E-state index in [9.17, 15) is 0 Å². The number of halogens is 2. The summed E-state index contributed by atoms with van der Waals surface area (Å²) in [5.74, 6) is 1.70. The van der Waals surface area contributed by atoms with Gasteiger partial charge in [-0.25, -0.2) is 0 Å². The Kier molecular flexibility index (Phi) is 8.21. The van der Waals surface area contributed by atoms with Gasteiger partial charge in [0.1, 0.15) is 5.75 Å². The number of benzene rings is 2. The van der Waals surface area contributed by atoms with E-state index in [-0.39, 0.29) is 0 Å². The summed E-state index contributed by atoms with van der Waals surface area (Å²) >= 11 is 9.56. The molecule has 0 amide bonds. The minimum atomic E-state index is 0.714. The molecule has 1 unspecified atom stereocenters. The van der Waals surface area contributed by atoms with E-state index in [4.69, 9.17) is 16.3 Å². The van der Waals surface area contributed by atoms with E-state index in [2.05, 4.69) is 44.8 Å². The summed E-state index contributed by atoms with van der Waals surface area (Å²) < 4.78 is 6.99. The monoisotopic (exact) mass is 448 g/mol. The Morgan fingerprint density at radius 3 is 2.85 bits per heavy atom. The Labute approximate surface area is 175 Å². The molecule has 0 aromatic heterocycles. The highest BCUT2D eigenvalue weighted by Crippen LogP contribution is 2.25. The summed E-state index contributed by atoms with van der Waals surface area (Å²) in [6.07, 6.45) is 6.43. The summed E-state index contributed by atoms with van der Waals surface area (Å²) in [5, 5.41) is 7.66. The van der Waals surface area contributed by atoms with Crippen LogP contribution in [-0.4, -0.2) is 32.8 Å². The summed E-state index contributed by atoms with van der Waals surface area (Å²) in [7, 11) is 0. The van der Waals surface area contributed by atoms with Crippen molar-refractivity contribution in [2.75, 3.05) is 32.8 Å². The number of rotatable bonds is 9. The molecule has 0 radical (unpaired) electrons. The van der Waals surface area contributed by atoms with Crippen LogP contribution in [0.2, 0.25) is 5.02 Å². The van der Waals surface area contributed by atoms with E-state index in [1.807, 2.05) is 36.4 Å². The normalized spacial score (nSPS) is 16.9. The molecule has 2 aromatic carbocycles. The fraction of sp³-hybridized carbons (Fsp3) is 0.364. The maximum Gasteiger partial charge on any atom is 0.126 e. The van der Waals surface area contributed by atoms with Gasteiger partial charge in [0.05, 0.1) is 6.61 Å². The van der Waals surface area contributed by atoms with Crippen LogP contribution >= 0.6 is 27.5 Å². The van der Waals surface area contributed by atoms with Crippen molar-refractivity contribution < 1.29 is 4.74 Å². The molecule has 2 N–H and O–H groups in total. The van der Waals surface area contributed by atoms with Crippen LogP contribution in [0.15, 0.2) is 46.9 Å². The molecule has 3 rings (SSSR count). The van der Waals surface area contributed by atoms with Gasteiger partial charge in [-0.05, 0) is 68.7 Å². The van der Waals surface area contributed by atoms with E-state index in [0.717, 1.165) is 64.9 Å². The molecule has 5 heteroatoms. The first-order valence-electron chi connectivity index (χ1n) is 9.49. The van der Waals surface area contributed by atoms with Crippen molar-refractivity contribution in [3.05, 3.63) is 63.1 Å². The number of ether oxygens (including phenoxy) is 1. The Hall–Kier alpha value is -1.33.